The van der Waals surface area contributed by atoms with Gasteiger partial charge >= 0.3 is 0 Å². The fraction of sp³-hybridized carbons (Fsp3) is 0.818. The molecule has 1 heterocycles. The van der Waals surface area contributed by atoms with Crippen molar-refractivity contribution >= 4 is 0 Å². The average Bonchev–Trinajstić information content (AvgIpc) is 2.53. The van der Waals surface area contributed by atoms with Gasteiger partial charge < -0.3 is 14.4 Å². The second-order valence-corrected chi connectivity index (χ2v) is 3.75. The summed E-state index contributed by atoms with van der Waals surface area (Å²) in [5, 5.41) is 0. The summed E-state index contributed by atoms with van der Waals surface area (Å²) in [4.78, 5) is 2.25. The molecule has 0 aromatic rings. The lowest BCUT2D eigenvalue weighted by molar-refractivity contribution is -0.153. The van der Waals surface area contributed by atoms with Crippen LogP contribution in [-0.4, -0.2) is 37.0 Å². The van der Waals surface area contributed by atoms with Crippen molar-refractivity contribution in [1.29, 1.82) is 0 Å². The van der Waals surface area contributed by atoms with E-state index < -0.39 is 0 Å². The van der Waals surface area contributed by atoms with E-state index in [0.717, 1.165) is 25.2 Å². The first-order valence-corrected chi connectivity index (χ1v) is 5.31. The van der Waals surface area contributed by atoms with Gasteiger partial charge in [-0.2, -0.15) is 0 Å². The van der Waals surface area contributed by atoms with Gasteiger partial charge in [-0.25, -0.2) is 0 Å². The molecular weight excluding hydrogens is 178 g/mol. The Morgan fingerprint density at radius 1 is 1.64 bits per heavy atom. The van der Waals surface area contributed by atoms with Crippen LogP contribution in [0.4, 0.5) is 0 Å². The van der Waals surface area contributed by atoms with Crippen LogP contribution in [0.25, 0.3) is 0 Å². The van der Waals surface area contributed by atoms with Gasteiger partial charge in [0.05, 0.1) is 6.10 Å². The van der Waals surface area contributed by atoms with Gasteiger partial charge in [0.15, 0.2) is 6.29 Å². The molecule has 1 saturated heterocycles. The van der Waals surface area contributed by atoms with Crippen molar-refractivity contribution in [3.63, 3.8) is 0 Å². The Balaban J connectivity index is 2.25. The molecule has 0 radical (unpaired) electrons. The minimum atomic E-state index is -0.0879. The molecule has 0 aromatic heterocycles. The van der Waals surface area contributed by atoms with E-state index in [4.69, 9.17) is 9.47 Å². The molecule has 0 N–H and O–H groups in total. The Hall–Kier alpha value is -0.540. The first-order valence-electron chi connectivity index (χ1n) is 5.31. The largest absolute Gasteiger partial charge is 0.373 e. The third-order valence-electron chi connectivity index (χ3n) is 2.47. The maximum atomic E-state index is 5.73. The van der Waals surface area contributed by atoms with E-state index in [1.165, 1.54) is 0 Å². The standard InChI is InChI=1S/C11H21NO2/c1-5-13-10(4)14-11-6-7-12(8-11)9(2)3/h10-11H,2,5-8H2,1,3-4H3/t10?,11-/m0/s1. The molecule has 3 nitrogen and oxygen atoms in total. The molecule has 2 atom stereocenters. The first kappa shape index (κ1) is 11.5. The van der Waals surface area contributed by atoms with Gasteiger partial charge in [0.2, 0.25) is 0 Å². The van der Waals surface area contributed by atoms with E-state index in [9.17, 15) is 0 Å². The van der Waals surface area contributed by atoms with Crippen molar-refractivity contribution in [2.75, 3.05) is 19.7 Å². The van der Waals surface area contributed by atoms with E-state index >= 15 is 0 Å². The van der Waals surface area contributed by atoms with Crippen molar-refractivity contribution in [2.24, 2.45) is 0 Å². The molecule has 14 heavy (non-hydrogen) atoms. The van der Waals surface area contributed by atoms with E-state index in [-0.39, 0.29) is 6.29 Å². The minimum absolute atomic E-state index is 0.0879. The van der Waals surface area contributed by atoms with E-state index in [1.54, 1.807) is 0 Å². The van der Waals surface area contributed by atoms with Gasteiger partial charge in [-0.1, -0.05) is 6.58 Å². The summed E-state index contributed by atoms with van der Waals surface area (Å²) in [7, 11) is 0. The summed E-state index contributed by atoms with van der Waals surface area (Å²) in [6.45, 7) is 12.6. The smallest absolute Gasteiger partial charge is 0.155 e. The van der Waals surface area contributed by atoms with Crippen LogP contribution in [0, 0.1) is 0 Å². The molecule has 0 bridgehead atoms. The molecule has 82 valence electrons. The van der Waals surface area contributed by atoms with Gasteiger partial charge in [0.1, 0.15) is 0 Å². The van der Waals surface area contributed by atoms with Crippen LogP contribution in [0.2, 0.25) is 0 Å². The van der Waals surface area contributed by atoms with E-state index in [1.807, 2.05) is 20.8 Å². The van der Waals surface area contributed by atoms with Crippen LogP contribution in [0.15, 0.2) is 12.3 Å². The van der Waals surface area contributed by atoms with Crippen molar-refractivity contribution in [3.8, 4) is 0 Å². The van der Waals surface area contributed by atoms with Crippen molar-refractivity contribution in [2.45, 2.75) is 39.6 Å². The van der Waals surface area contributed by atoms with Gasteiger partial charge in [0, 0.05) is 25.4 Å². The number of allylic oxidation sites excluding steroid dienone is 1. The molecule has 0 spiro atoms. The van der Waals surface area contributed by atoms with Crippen molar-refractivity contribution in [3.05, 3.63) is 12.3 Å². The van der Waals surface area contributed by atoms with Crippen LogP contribution in [-0.2, 0) is 9.47 Å². The predicted molar refractivity (Wildman–Crippen MR) is 57.0 cm³/mol. The second-order valence-electron chi connectivity index (χ2n) is 3.75. The lowest BCUT2D eigenvalue weighted by Gasteiger charge is -2.20. The number of likely N-dealkylation sites (tertiary alicyclic amines) is 1. The Morgan fingerprint density at radius 2 is 2.36 bits per heavy atom. The van der Waals surface area contributed by atoms with Gasteiger partial charge in [-0.3, -0.25) is 0 Å². The lowest BCUT2D eigenvalue weighted by atomic mass is 10.3. The molecule has 1 fully saturated rings. The number of hydrogen-bond acceptors (Lipinski definition) is 3. The highest BCUT2D eigenvalue weighted by molar-refractivity contribution is 4.93. The summed E-state index contributed by atoms with van der Waals surface area (Å²) in [5.74, 6) is 0. The maximum Gasteiger partial charge on any atom is 0.155 e. The SMILES string of the molecule is C=C(C)N1CC[C@H](OC(C)OCC)C1. The van der Waals surface area contributed by atoms with Crippen molar-refractivity contribution < 1.29 is 9.47 Å². The quantitative estimate of drug-likeness (QED) is 0.632. The molecular formula is C11H21NO2. The predicted octanol–water partition coefficient (Wildman–Crippen LogP) is 1.99. The van der Waals surface area contributed by atoms with Crippen LogP contribution >= 0.6 is 0 Å². The van der Waals surface area contributed by atoms with Crippen LogP contribution < -0.4 is 0 Å². The normalized spacial score (nSPS) is 23.9. The van der Waals surface area contributed by atoms with Crippen LogP contribution in [0.3, 0.4) is 0 Å². The first-order chi connectivity index (χ1) is 6.63. The molecule has 3 heteroatoms. The average molecular weight is 199 g/mol. The molecule has 0 saturated carbocycles. The third-order valence-corrected chi connectivity index (χ3v) is 2.47. The van der Waals surface area contributed by atoms with Gasteiger partial charge in [0.25, 0.3) is 0 Å². The number of hydrogen-bond donors (Lipinski definition) is 0. The van der Waals surface area contributed by atoms with E-state index in [2.05, 4.69) is 11.5 Å². The molecule has 1 unspecified atom stereocenters. The van der Waals surface area contributed by atoms with Crippen molar-refractivity contribution in [1.82, 2.24) is 4.90 Å². The summed E-state index contributed by atoms with van der Waals surface area (Å²) < 4.78 is 11.1. The Kier molecular flexibility index (Phi) is 4.42. The molecule has 0 amide bonds. The number of nitrogens with zero attached hydrogens (tertiary/aromatic N) is 1. The lowest BCUT2D eigenvalue weighted by Crippen LogP contribution is -2.25. The van der Waals surface area contributed by atoms with Gasteiger partial charge in [-0.05, 0) is 27.2 Å². The Bertz CT molecular complexity index is 194. The summed E-state index contributed by atoms with van der Waals surface area (Å²) in [6.07, 6.45) is 1.29. The van der Waals surface area contributed by atoms with Gasteiger partial charge in [-0.15, -0.1) is 0 Å². The molecule has 1 aliphatic heterocycles. The highest BCUT2D eigenvalue weighted by atomic mass is 16.7. The number of ether oxygens (including phenoxy) is 2. The molecule has 1 rings (SSSR count). The topological polar surface area (TPSA) is 21.7 Å². The van der Waals surface area contributed by atoms with Crippen LogP contribution in [0.1, 0.15) is 27.2 Å². The summed E-state index contributed by atoms with van der Waals surface area (Å²) in [5.41, 5.74) is 1.13. The second kappa shape index (κ2) is 5.37. The third kappa shape index (κ3) is 3.31. The minimum Gasteiger partial charge on any atom is -0.373 e. The molecule has 0 aromatic carbocycles. The zero-order valence-electron chi connectivity index (χ0n) is 9.45. The summed E-state index contributed by atoms with van der Waals surface area (Å²) >= 11 is 0. The number of rotatable bonds is 5. The fourth-order valence-electron chi connectivity index (χ4n) is 1.73. The Labute approximate surface area is 86.7 Å². The highest BCUT2D eigenvalue weighted by Crippen LogP contribution is 2.17. The Morgan fingerprint density at radius 3 is 2.86 bits per heavy atom. The van der Waals surface area contributed by atoms with Crippen LogP contribution in [0.5, 0.6) is 0 Å². The molecule has 0 aliphatic carbocycles. The zero-order valence-corrected chi connectivity index (χ0v) is 9.45. The van der Waals surface area contributed by atoms with E-state index in [0.29, 0.717) is 12.7 Å². The highest BCUT2D eigenvalue weighted by Gasteiger charge is 2.24. The maximum absolute atomic E-state index is 5.73. The molecule has 1 aliphatic rings. The monoisotopic (exact) mass is 199 g/mol. The summed E-state index contributed by atoms with van der Waals surface area (Å²) in [6, 6.07) is 0. The fourth-order valence-corrected chi connectivity index (χ4v) is 1.73. The zero-order chi connectivity index (χ0) is 10.6.